The summed E-state index contributed by atoms with van der Waals surface area (Å²) in [5.74, 6) is -0.166. The maximum Gasteiger partial charge on any atom is 0.238 e. The van der Waals surface area contributed by atoms with Crippen LogP contribution in [0.2, 0.25) is 0 Å². The molecule has 2 amide bonds. The Bertz CT molecular complexity index is 1020. The van der Waals surface area contributed by atoms with Crippen LogP contribution < -0.4 is 10.2 Å². The number of nitrogens with zero attached hydrogens (tertiary/aromatic N) is 1. The van der Waals surface area contributed by atoms with E-state index in [-0.39, 0.29) is 23.0 Å². The van der Waals surface area contributed by atoms with Gasteiger partial charge in [-0.1, -0.05) is 48.5 Å². The highest BCUT2D eigenvalue weighted by molar-refractivity contribution is 8.00. The van der Waals surface area contributed by atoms with Gasteiger partial charge in [-0.05, 0) is 41.5 Å². The Hall–Kier alpha value is -3.12. The fourth-order valence-electron chi connectivity index (χ4n) is 3.29. The van der Waals surface area contributed by atoms with Crippen LogP contribution in [0.25, 0.3) is 0 Å². The van der Waals surface area contributed by atoms with Crippen LogP contribution in [0.4, 0.5) is 15.8 Å². The third-order valence-electron chi connectivity index (χ3n) is 4.64. The predicted octanol–water partition coefficient (Wildman–Crippen LogP) is 4.79. The van der Waals surface area contributed by atoms with Crippen LogP contribution in [0.1, 0.15) is 16.5 Å². The lowest BCUT2D eigenvalue weighted by molar-refractivity contribution is -0.116. The van der Waals surface area contributed by atoms with Crippen molar-refractivity contribution in [1.29, 1.82) is 0 Å². The number of benzene rings is 3. The van der Waals surface area contributed by atoms with Gasteiger partial charge in [0.1, 0.15) is 11.2 Å². The number of thioether (sulfide) groups is 1. The van der Waals surface area contributed by atoms with Gasteiger partial charge in [0.05, 0.1) is 12.2 Å². The van der Waals surface area contributed by atoms with Gasteiger partial charge in [-0.2, -0.15) is 0 Å². The van der Waals surface area contributed by atoms with Gasteiger partial charge in [-0.25, -0.2) is 4.39 Å². The normalized spacial score (nSPS) is 16.1. The first-order valence-corrected chi connectivity index (χ1v) is 10.3. The van der Waals surface area contributed by atoms with Crippen LogP contribution in [-0.4, -0.2) is 17.6 Å². The van der Waals surface area contributed by atoms with Crippen LogP contribution in [0.5, 0.6) is 0 Å². The first-order valence-electron chi connectivity index (χ1n) is 9.23. The van der Waals surface area contributed by atoms with Gasteiger partial charge in [-0.3, -0.25) is 14.5 Å². The third-order valence-corrected chi connectivity index (χ3v) is 5.85. The van der Waals surface area contributed by atoms with Crippen LogP contribution in [0, 0.1) is 5.82 Å². The van der Waals surface area contributed by atoms with Crippen LogP contribution in [0.3, 0.4) is 0 Å². The maximum atomic E-state index is 13.6. The van der Waals surface area contributed by atoms with Gasteiger partial charge >= 0.3 is 0 Å². The number of nitrogens with one attached hydrogen (secondary N) is 1. The van der Waals surface area contributed by atoms with Crippen molar-refractivity contribution in [2.75, 3.05) is 16.0 Å². The number of carbonyl (C=O) groups is 2. The van der Waals surface area contributed by atoms with Crippen molar-refractivity contribution in [3.05, 3.63) is 95.8 Å². The molecule has 0 unspecified atom stereocenters. The third kappa shape index (κ3) is 4.49. The van der Waals surface area contributed by atoms with Crippen molar-refractivity contribution in [3.63, 3.8) is 0 Å². The Morgan fingerprint density at radius 1 is 1.03 bits per heavy atom. The summed E-state index contributed by atoms with van der Waals surface area (Å²) >= 11 is 1.50. The second-order valence-electron chi connectivity index (χ2n) is 6.74. The monoisotopic (exact) mass is 406 g/mol. The van der Waals surface area contributed by atoms with Crippen LogP contribution in [0.15, 0.2) is 78.9 Å². The second-order valence-corrected chi connectivity index (χ2v) is 7.81. The SMILES string of the molecule is O=C(Cc1ccccc1)Nc1ccc([C@@H]2SCC(=O)N2c2cccc(F)c2)cc1. The summed E-state index contributed by atoms with van der Waals surface area (Å²) in [4.78, 5) is 26.2. The molecule has 6 heteroatoms. The van der Waals surface area contributed by atoms with E-state index in [9.17, 15) is 14.0 Å². The van der Waals surface area contributed by atoms with Crippen molar-refractivity contribution >= 4 is 35.0 Å². The molecular formula is C23H19FN2O2S. The molecule has 0 spiro atoms. The molecule has 1 aliphatic rings. The molecule has 3 aromatic carbocycles. The Morgan fingerprint density at radius 3 is 2.52 bits per heavy atom. The van der Waals surface area contributed by atoms with E-state index in [2.05, 4.69) is 5.32 Å². The molecule has 0 saturated carbocycles. The Labute approximate surface area is 172 Å². The summed E-state index contributed by atoms with van der Waals surface area (Å²) in [7, 11) is 0. The summed E-state index contributed by atoms with van der Waals surface area (Å²) < 4.78 is 13.6. The summed E-state index contributed by atoms with van der Waals surface area (Å²) in [5.41, 5.74) is 3.12. The summed E-state index contributed by atoms with van der Waals surface area (Å²) in [6.07, 6.45) is 0.308. The molecule has 1 atom stereocenters. The molecule has 1 fully saturated rings. The molecule has 1 saturated heterocycles. The van der Waals surface area contributed by atoms with Gasteiger partial charge in [0.2, 0.25) is 11.8 Å². The minimum atomic E-state index is -0.373. The average Bonchev–Trinajstić information content (AvgIpc) is 3.11. The Morgan fingerprint density at radius 2 is 1.79 bits per heavy atom. The molecule has 4 rings (SSSR count). The Kier molecular flexibility index (Phi) is 5.62. The van der Waals surface area contributed by atoms with E-state index in [0.29, 0.717) is 23.5 Å². The summed E-state index contributed by atoms with van der Waals surface area (Å²) in [5, 5.41) is 2.67. The predicted molar refractivity (Wildman–Crippen MR) is 114 cm³/mol. The van der Waals surface area contributed by atoms with Gasteiger partial charge in [0.15, 0.2) is 0 Å². The average molecular weight is 406 g/mol. The molecule has 0 radical (unpaired) electrons. The molecule has 0 aromatic heterocycles. The van der Waals surface area contributed by atoms with Crippen LogP contribution in [-0.2, 0) is 16.0 Å². The number of halogens is 1. The Balaban J connectivity index is 1.47. The van der Waals surface area contributed by atoms with Crippen LogP contribution >= 0.6 is 11.8 Å². The highest BCUT2D eigenvalue weighted by atomic mass is 32.2. The smallest absolute Gasteiger partial charge is 0.238 e. The zero-order valence-electron chi connectivity index (χ0n) is 15.5. The summed E-state index contributed by atoms with van der Waals surface area (Å²) in [6, 6.07) is 23.0. The molecule has 29 heavy (non-hydrogen) atoms. The molecule has 1 heterocycles. The van der Waals surface area contributed by atoms with E-state index in [4.69, 9.17) is 0 Å². The van der Waals surface area contributed by atoms with E-state index in [1.54, 1.807) is 17.0 Å². The molecule has 1 aliphatic heterocycles. The van der Waals surface area contributed by atoms with Crippen molar-refractivity contribution in [3.8, 4) is 0 Å². The molecule has 0 aliphatic carbocycles. The van der Waals surface area contributed by atoms with E-state index >= 15 is 0 Å². The second kappa shape index (κ2) is 8.49. The summed E-state index contributed by atoms with van der Waals surface area (Å²) in [6.45, 7) is 0. The standard InChI is InChI=1S/C23H19FN2O2S/c24-18-7-4-8-20(14-18)26-22(28)15-29-23(26)17-9-11-19(12-10-17)25-21(27)13-16-5-2-1-3-6-16/h1-12,14,23H,13,15H2,(H,25,27)/t23-/m0/s1. The number of amides is 2. The number of carbonyl (C=O) groups excluding carboxylic acids is 2. The quantitative estimate of drug-likeness (QED) is 0.663. The van der Waals surface area contributed by atoms with E-state index in [0.717, 1.165) is 11.1 Å². The van der Waals surface area contributed by atoms with Crippen molar-refractivity contribution in [1.82, 2.24) is 0 Å². The van der Waals surface area contributed by atoms with E-state index in [1.807, 2.05) is 54.6 Å². The number of rotatable bonds is 5. The van der Waals surface area contributed by atoms with Crippen molar-refractivity contribution < 1.29 is 14.0 Å². The van der Waals surface area contributed by atoms with Crippen molar-refractivity contribution in [2.24, 2.45) is 0 Å². The maximum absolute atomic E-state index is 13.6. The molecule has 3 aromatic rings. The zero-order chi connectivity index (χ0) is 20.2. The lowest BCUT2D eigenvalue weighted by atomic mass is 10.1. The molecule has 4 nitrogen and oxygen atoms in total. The lowest BCUT2D eigenvalue weighted by Gasteiger charge is -2.24. The number of hydrogen-bond acceptors (Lipinski definition) is 3. The van der Waals surface area contributed by atoms with E-state index < -0.39 is 0 Å². The molecule has 146 valence electrons. The van der Waals surface area contributed by atoms with Gasteiger partial charge in [-0.15, -0.1) is 11.8 Å². The zero-order valence-corrected chi connectivity index (χ0v) is 16.4. The van der Waals surface area contributed by atoms with Gasteiger partial charge in [0.25, 0.3) is 0 Å². The molecule has 0 bridgehead atoms. The van der Waals surface area contributed by atoms with Gasteiger partial charge in [0, 0.05) is 11.4 Å². The highest BCUT2D eigenvalue weighted by Gasteiger charge is 2.34. The highest BCUT2D eigenvalue weighted by Crippen LogP contribution is 2.42. The minimum Gasteiger partial charge on any atom is -0.326 e. The minimum absolute atomic E-state index is 0.0501. The molecular weight excluding hydrogens is 387 g/mol. The number of hydrogen-bond donors (Lipinski definition) is 1. The fourth-order valence-corrected chi connectivity index (χ4v) is 4.47. The first-order chi connectivity index (χ1) is 14.1. The van der Waals surface area contributed by atoms with Gasteiger partial charge < -0.3 is 5.32 Å². The first kappa shape index (κ1) is 19.2. The van der Waals surface area contributed by atoms with E-state index in [1.165, 1.54) is 23.9 Å². The largest absolute Gasteiger partial charge is 0.326 e. The topological polar surface area (TPSA) is 49.4 Å². The fraction of sp³-hybridized carbons (Fsp3) is 0.130. The molecule has 1 N–H and O–H groups in total. The number of anilines is 2. The lowest BCUT2D eigenvalue weighted by Crippen LogP contribution is -2.27. The van der Waals surface area contributed by atoms with Crippen molar-refractivity contribution in [2.45, 2.75) is 11.8 Å².